The van der Waals surface area contributed by atoms with Crippen molar-refractivity contribution in [3.05, 3.63) is 173 Å². The van der Waals surface area contributed by atoms with Gasteiger partial charge in [-0.05, 0) is 482 Å². The Labute approximate surface area is 885 Å². The summed E-state index contributed by atoms with van der Waals surface area (Å²) in [5.74, 6) is 10.5. The standard InChI is InChI=1S/3C22H31NO2.3C22H33NO/c1-13-10-14-12-17-21(4)9-7-18(25)23-20(2,3)16(21)6-8-22(17,5)19(14)15(24)11-13;2*1-13-10-14-12-17-21(4)8-9-23-19(25)20(2,3)16(21)6-7-22(17,5)18(14)15(24)11-13;2*1-14-11-15-13-18-21(4)8-6-10-23-20(2,3)17(21)7-9-22(18,5)19(15)16(24)12-14;1-14-10-15-12-18-21(4)8-9-23-13-20(2,3)17(21)6-7-22(18,5)19(15)16(24)11-14/h3*10-11,16-17,24H,6-9,12H2,1-5H3,(H,23,25);2*11-12,17-18,23-24H,6-10,13H2,1-5H3;10-11,17-18,23-24H,6-9,12-13H2,1-5H3/t3*16-,17+,21-,22+;3*17-,18+,21-,22+/m010101/s1. The molecule has 24 atom stereocenters. The molecule has 6 heterocycles. The maximum absolute atomic E-state index is 12.7. The summed E-state index contributed by atoms with van der Waals surface area (Å²) in [6, 6.07) is 25.5. The number of hydrogen-bond donors (Lipinski definition) is 12. The number of hydrogen-bond acceptors (Lipinski definition) is 12. The van der Waals surface area contributed by atoms with Gasteiger partial charge in [-0.1, -0.05) is 161 Å². The Morgan fingerprint density at radius 3 is 0.762 bits per heavy atom. The van der Waals surface area contributed by atoms with Crippen LogP contribution in [-0.4, -0.2) is 104 Å². The van der Waals surface area contributed by atoms with Crippen molar-refractivity contribution in [2.45, 2.75) is 430 Å². The number of phenols is 6. The molecule has 804 valence electrons. The maximum atomic E-state index is 12.7. The third-order valence-corrected chi connectivity index (χ3v) is 48.0. The van der Waals surface area contributed by atoms with Crippen molar-refractivity contribution in [2.24, 2.45) is 120 Å². The topological polar surface area (TPSA) is 245 Å². The van der Waals surface area contributed by atoms with Crippen molar-refractivity contribution in [1.29, 1.82) is 0 Å². The molecule has 0 aromatic heterocycles. The summed E-state index contributed by atoms with van der Waals surface area (Å²) in [5, 5.41) is 85.4. The van der Waals surface area contributed by atoms with E-state index in [2.05, 4.69) is 276 Å². The fraction of sp³-hybridized carbons (Fsp3) is 0.705. The van der Waals surface area contributed by atoms with Crippen LogP contribution in [-0.2, 0) is 85.4 Å². The van der Waals surface area contributed by atoms with E-state index in [1.54, 1.807) is 0 Å². The van der Waals surface area contributed by atoms with Crippen LogP contribution in [0.5, 0.6) is 34.5 Å². The highest BCUT2D eigenvalue weighted by Gasteiger charge is 2.70. The Morgan fingerprint density at radius 1 is 0.252 bits per heavy atom. The average Bonchev–Trinajstić information content (AvgIpc) is 1.56. The Morgan fingerprint density at radius 2 is 0.483 bits per heavy atom. The van der Waals surface area contributed by atoms with Crippen LogP contribution in [0, 0.1) is 161 Å². The van der Waals surface area contributed by atoms with Gasteiger partial charge in [0.05, 0.1) is 0 Å². The van der Waals surface area contributed by atoms with Crippen LogP contribution < -0.4 is 31.9 Å². The zero-order valence-electron chi connectivity index (χ0n) is 96.6. The zero-order chi connectivity index (χ0) is 107. The molecular weight excluding hydrogens is 1810 g/mol. The zero-order valence-corrected chi connectivity index (χ0v) is 96.6. The van der Waals surface area contributed by atoms with Crippen LogP contribution in [0.3, 0.4) is 0 Å². The summed E-state index contributed by atoms with van der Waals surface area (Å²) in [6.45, 7) is 75.3. The molecule has 6 aromatic carbocycles. The Bertz CT molecular complexity index is 5690. The first kappa shape index (κ1) is 108. The van der Waals surface area contributed by atoms with Gasteiger partial charge in [-0.15, -0.1) is 0 Å². The fourth-order valence-electron chi connectivity index (χ4n) is 42.1. The number of rotatable bonds is 0. The molecule has 18 aliphatic rings. The van der Waals surface area contributed by atoms with E-state index in [4.69, 9.17) is 0 Å². The molecule has 6 aromatic rings. The first-order chi connectivity index (χ1) is 68.3. The van der Waals surface area contributed by atoms with Gasteiger partial charge >= 0.3 is 0 Å². The van der Waals surface area contributed by atoms with Crippen molar-refractivity contribution in [1.82, 2.24) is 31.9 Å². The smallest absolute Gasteiger partial charge is 0.225 e. The number of benzene rings is 6. The first-order valence-electron chi connectivity index (χ1n) is 58.4. The van der Waals surface area contributed by atoms with Crippen LogP contribution in [0.25, 0.3) is 0 Å². The monoisotopic (exact) mass is 2010 g/mol. The third-order valence-electron chi connectivity index (χ3n) is 48.0. The van der Waals surface area contributed by atoms with Crippen molar-refractivity contribution in [2.75, 3.05) is 39.3 Å². The van der Waals surface area contributed by atoms with E-state index in [9.17, 15) is 45.0 Å². The van der Waals surface area contributed by atoms with E-state index in [0.29, 0.717) is 128 Å². The lowest BCUT2D eigenvalue weighted by Gasteiger charge is -2.57. The molecule has 6 saturated heterocycles. The predicted molar refractivity (Wildman–Crippen MR) is 597 cm³/mol. The molecule has 6 saturated carbocycles. The number of nitrogens with one attached hydrogen (secondary N) is 6. The number of carbonyl (C=O) groups is 3. The van der Waals surface area contributed by atoms with Crippen molar-refractivity contribution in [3.8, 4) is 34.5 Å². The number of aryl methyl sites for hydroxylation is 6. The average molecular weight is 2010 g/mol. The summed E-state index contributed by atoms with van der Waals surface area (Å²) in [5.41, 5.74) is 24.3. The van der Waals surface area contributed by atoms with E-state index in [1.807, 2.05) is 36.4 Å². The van der Waals surface area contributed by atoms with E-state index in [-0.39, 0.29) is 93.9 Å². The summed E-state index contributed by atoms with van der Waals surface area (Å²) in [4.78, 5) is 37.7. The number of phenolic OH excluding ortho intramolecular Hbond substituents is 6. The third kappa shape index (κ3) is 16.7. The molecule has 15 nitrogen and oxygen atoms in total. The van der Waals surface area contributed by atoms with E-state index >= 15 is 0 Å². The second kappa shape index (κ2) is 36.3. The molecule has 6 aliphatic heterocycles. The van der Waals surface area contributed by atoms with Gasteiger partial charge < -0.3 is 62.5 Å². The van der Waals surface area contributed by atoms with Crippen molar-refractivity contribution >= 4 is 17.7 Å². The molecule has 0 radical (unpaired) electrons. The van der Waals surface area contributed by atoms with Gasteiger partial charge in [0.25, 0.3) is 0 Å². The van der Waals surface area contributed by atoms with E-state index < -0.39 is 0 Å². The van der Waals surface area contributed by atoms with Gasteiger partial charge in [0.15, 0.2) is 0 Å². The largest absolute Gasteiger partial charge is 0.508 e. The number of carbonyl (C=O) groups excluding carboxylic acids is 3. The van der Waals surface area contributed by atoms with Gasteiger partial charge in [0.2, 0.25) is 17.7 Å². The van der Waals surface area contributed by atoms with Gasteiger partial charge in [0.1, 0.15) is 34.5 Å². The van der Waals surface area contributed by atoms with E-state index in [1.165, 1.54) is 154 Å². The second-order valence-electron chi connectivity index (χ2n) is 59.2. The molecule has 0 unspecified atom stereocenters. The summed E-state index contributed by atoms with van der Waals surface area (Å²) < 4.78 is 0. The molecule has 147 heavy (non-hydrogen) atoms. The van der Waals surface area contributed by atoms with Gasteiger partial charge in [-0.2, -0.15) is 0 Å². The van der Waals surface area contributed by atoms with Crippen LogP contribution in [0.4, 0.5) is 0 Å². The molecule has 15 heteroatoms. The van der Waals surface area contributed by atoms with Gasteiger partial charge in [-0.3, -0.25) is 14.4 Å². The Hall–Kier alpha value is -7.59. The van der Waals surface area contributed by atoms with Crippen molar-refractivity contribution in [3.63, 3.8) is 0 Å². The molecular formula is C132H192N6O9. The Balaban J connectivity index is 0.000000111. The maximum Gasteiger partial charge on any atom is 0.225 e. The molecule has 12 N–H and O–H groups in total. The quantitative estimate of drug-likeness (QED) is 0.0679. The lowest BCUT2D eigenvalue weighted by Crippen LogP contribution is -2.58. The summed E-state index contributed by atoms with van der Waals surface area (Å²) in [7, 11) is 0. The second-order valence-corrected chi connectivity index (χ2v) is 59.2. The SMILES string of the molecule is Cc1cc(O)c2c(c1)C[C@@H]1[C@@]3(C)CCC(=O)NC(C)(C)[C@@H]3CC[C@@]21C.Cc1cc(O)c2c(c1)C[C@@H]1[C@@]3(C)CCCNC(C)(C)[C@@H]3CC[C@@]21C.Cc1cc(O)c2c(c1)C[C@@H]1[C@@]3(C)CCNC(=O)C(C)(C)[C@@H]3CC[C@@]21C.Cc1cc(O)c2c(c1)C[C@H]1[C@]3(C)CCCNC(C)(C)[C@H]3CC[C@]21C.Cc1cc(O)c2c(c1)C[C@H]1[C@]3(C)CCNC(=O)C(C)(C)[C@H]3CC[C@]21C.Cc1cc(O)c2c(c1)C[C@H]1[C@]3(C)CCNCC(C)(C)[C@H]3CC[C@]21C. The predicted octanol–water partition coefficient (Wildman–Crippen LogP) is 26.4. The van der Waals surface area contributed by atoms with Crippen LogP contribution >= 0.6 is 0 Å². The lowest BCUT2D eigenvalue weighted by atomic mass is 9.47. The molecule has 12 aliphatic carbocycles. The van der Waals surface area contributed by atoms with Gasteiger partial charge in [-0.25, -0.2) is 0 Å². The minimum Gasteiger partial charge on any atom is -0.508 e. The summed E-state index contributed by atoms with van der Waals surface area (Å²) in [6.07, 6.45) is 30.4. The lowest BCUT2D eigenvalue weighted by molar-refractivity contribution is -0.138. The van der Waals surface area contributed by atoms with Crippen LogP contribution in [0.1, 0.15) is 401 Å². The highest BCUT2D eigenvalue weighted by molar-refractivity contribution is 5.83. The molecule has 0 bridgehead atoms. The Kier molecular flexibility index (Phi) is 26.6. The number of amides is 3. The van der Waals surface area contributed by atoms with Crippen molar-refractivity contribution < 1.29 is 45.0 Å². The fourth-order valence-corrected chi connectivity index (χ4v) is 42.1. The van der Waals surface area contributed by atoms with Crippen LogP contribution in [0.15, 0.2) is 72.8 Å². The highest BCUT2D eigenvalue weighted by Crippen LogP contribution is 2.74. The molecule has 12 fully saturated rings. The molecule has 3 amide bonds. The normalized spacial score (nSPS) is 39.7. The molecule has 24 rings (SSSR count). The highest BCUT2D eigenvalue weighted by atomic mass is 16.3. The first-order valence-corrected chi connectivity index (χ1v) is 58.4. The number of aromatic hydroxyl groups is 6. The molecule has 0 spiro atoms. The number of fused-ring (bicyclic) bond motifs is 30. The van der Waals surface area contributed by atoms with E-state index in [0.717, 1.165) is 158 Å². The minimum atomic E-state index is -0.334. The minimum absolute atomic E-state index is 0.0157. The summed E-state index contributed by atoms with van der Waals surface area (Å²) >= 11 is 0. The van der Waals surface area contributed by atoms with Gasteiger partial charge in [0, 0.05) is 119 Å². The van der Waals surface area contributed by atoms with Crippen LogP contribution in [0.2, 0.25) is 0 Å².